The predicted octanol–water partition coefficient (Wildman–Crippen LogP) is 6.83. The molecule has 4 nitrogen and oxygen atoms in total. The van der Waals surface area contributed by atoms with E-state index in [0.29, 0.717) is 48.8 Å². The fourth-order valence-electron chi connectivity index (χ4n) is 10.1. The average molecular weight is 548 g/mol. The second kappa shape index (κ2) is 9.54. The second-order valence-corrected chi connectivity index (χ2v) is 14.1. The lowest BCUT2D eigenvalue weighted by molar-refractivity contribution is -0.171. The summed E-state index contributed by atoms with van der Waals surface area (Å²) in [6.45, 7) is 10.6. The van der Waals surface area contributed by atoms with Gasteiger partial charge in [-0.2, -0.15) is 13.2 Å². The fraction of sp³-hybridized carbons (Fsp3) is 0.812. The number of nitrogens with zero attached hydrogens (tertiary/aromatic N) is 1. The highest BCUT2D eigenvalue weighted by atomic mass is 19.4. The van der Waals surface area contributed by atoms with Gasteiger partial charge in [-0.25, -0.2) is 0 Å². The van der Waals surface area contributed by atoms with Gasteiger partial charge in [-0.05, 0) is 93.1 Å². The molecule has 6 rings (SSSR count). The molecule has 7 heteroatoms. The van der Waals surface area contributed by atoms with Crippen molar-refractivity contribution in [3.8, 4) is 0 Å². The maximum atomic E-state index is 12.8. The van der Waals surface area contributed by atoms with Gasteiger partial charge in [0.05, 0.1) is 11.7 Å². The van der Waals surface area contributed by atoms with Crippen LogP contribution < -0.4 is 0 Å². The van der Waals surface area contributed by atoms with Crippen LogP contribution in [-0.2, 0) is 14.3 Å². The van der Waals surface area contributed by atoms with Gasteiger partial charge in [0.25, 0.3) is 0 Å². The number of ketones is 2. The van der Waals surface area contributed by atoms with Crippen molar-refractivity contribution in [3.63, 3.8) is 0 Å². The molecule has 0 amide bonds. The molecule has 4 fully saturated rings. The van der Waals surface area contributed by atoms with Crippen molar-refractivity contribution in [1.82, 2.24) is 4.90 Å². The molecule has 216 valence electrons. The smallest absolute Gasteiger partial charge is 0.365 e. The van der Waals surface area contributed by atoms with Crippen LogP contribution >= 0.6 is 0 Å². The Hall–Kier alpha value is -1.47. The van der Waals surface area contributed by atoms with Crippen molar-refractivity contribution < 1.29 is 27.5 Å². The second-order valence-electron chi connectivity index (χ2n) is 14.1. The van der Waals surface area contributed by atoms with Crippen molar-refractivity contribution in [2.75, 3.05) is 13.1 Å². The molecule has 6 aliphatic rings. The molecule has 0 N–H and O–H groups in total. The van der Waals surface area contributed by atoms with E-state index in [0.717, 1.165) is 45.1 Å². The zero-order chi connectivity index (χ0) is 27.9. The molecule has 2 saturated heterocycles. The minimum atomic E-state index is -4.74. The van der Waals surface area contributed by atoms with Crippen molar-refractivity contribution in [2.24, 2.45) is 35.0 Å². The van der Waals surface area contributed by atoms with E-state index in [2.05, 4.69) is 38.7 Å². The molecule has 2 aliphatic heterocycles. The number of halogens is 3. The monoisotopic (exact) mass is 547 g/mol. The molecular formula is C32H44F3NO3. The summed E-state index contributed by atoms with van der Waals surface area (Å²) < 4.78 is 45.4. The predicted molar refractivity (Wildman–Crippen MR) is 143 cm³/mol. The van der Waals surface area contributed by atoms with E-state index in [-0.39, 0.29) is 35.5 Å². The van der Waals surface area contributed by atoms with E-state index in [1.807, 2.05) is 0 Å². The normalized spacial score (nSPS) is 44.1. The molecule has 4 aliphatic carbocycles. The summed E-state index contributed by atoms with van der Waals surface area (Å²) >= 11 is 0. The number of carbonyl (C=O) groups excluding carboxylic acids is 2. The quantitative estimate of drug-likeness (QED) is 0.362. The van der Waals surface area contributed by atoms with Crippen LogP contribution in [0.4, 0.5) is 13.2 Å². The van der Waals surface area contributed by atoms with Gasteiger partial charge in [-0.3, -0.25) is 14.5 Å². The number of allylic oxidation sites excluding steroid dienone is 3. The number of Topliss-reactive ketones (excluding diaryl/α,β-unsaturated/α-hetero) is 2. The van der Waals surface area contributed by atoms with Crippen molar-refractivity contribution in [3.05, 3.63) is 22.8 Å². The number of fused-ring (bicyclic) bond motifs is 6. The minimum absolute atomic E-state index is 0.0768. The molecule has 0 unspecified atom stereocenters. The number of likely N-dealkylation sites (tertiary alicyclic amines) is 1. The van der Waals surface area contributed by atoms with Crippen molar-refractivity contribution >= 4 is 11.6 Å². The molecule has 0 radical (unpaired) electrons. The number of ether oxygens (including phenoxy) is 1. The molecule has 0 aromatic rings. The lowest BCUT2D eigenvalue weighted by atomic mass is 9.57. The molecule has 1 spiro atoms. The Bertz CT molecular complexity index is 1110. The first-order valence-corrected chi connectivity index (χ1v) is 15.3. The van der Waals surface area contributed by atoms with Crippen molar-refractivity contribution in [1.29, 1.82) is 0 Å². The molecular weight excluding hydrogens is 503 g/mol. The third kappa shape index (κ3) is 4.31. The first-order chi connectivity index (χ1) is 18.3. The van der Waals surface area contributed by atoms with E-state index < -0.39 is 18.4 Å². The van der Waals surface area contributed by atoms with Gasteiger partial charge < -0.3 is 4.74 Å². The summed E-state index contributed by atoms with van der Waals surface area (Å²) in [6, 6.07) is 0.174. The molecule has 0 aromatic carbocycles. The Kier molecular flexibility index (Phi) is 6.77. The lowest BCUT2D eigenvalue weighted by Gasteiger charge is -2.47. The van der Waals surface area contributed by atoms with Crippen LogP contribution in [0.15, 0.2) is 22.8 Å². The molecule has 9 atom stereocenters. The number of hydrogen-bond acceptors (Lipinski definition) is 4. The topological polar surface area (TPSA) is 46.6 Å². The first kappa shape index (κ1) is 27.7. The SMILES string of the molecule is CC1=C2C[C@H]3[C@@H](CC=C4CC(=O)CC[C@@]43C)[C@@H]2CC[C@]12O[C@@H]1C[C@H](C)CN(CCCC(=O)C(F)(F)F)[C@H]1[C@H]2C. The Morgan fingerprint density at radius 1 is 1.23 bits per heavy atom. The highest BCUT2D eigenvalue weighted by Gasteiger charge is 2.61. The standard InChI is InChI=1S/C32H44F3NO3/c1-18-14-27-29(36(17-18)13-5-6-28(38)32(33,34)35)20(3)31(39-27)12-10-23-24-8-7-21-15-22(37)9-11-30(21,4)26(24)16-25(23)19(31)2/h7,18,20,23-24,26-27,29H,5-6,8-17H2,1-4H3/t18-,20+,23-,24-,26-,27+,29-,30-,31-/m0/s1. The van der Waals surface area contributed by atoms with Gasteiger partial charge in [0.2, 0.25) is 5.78 Å². The van der Waals surface area contributed by atoms with Crippen LogP contribution in [0.25, 0.3) is 0 Å². The maximum Gasteiger partial charge on any atom is 0.449 e. The van der Waals surface area contributed by atoms with Crippen LogP contribution in [0.2, 0.25) is 0 Å². The van der Waals surface area contributed by atoms with E-state index in [9.17, 15) is 22.8 Å². The van der Waals surface area contributed by atoms with Crippen LogP contribution in [-0.4, -0.2) is 53.5 Å². The van der Waals surface area contributed by atoms with Crippen molar-refractivity contribution in [2.45, 2.75) is 116 Å². The van der Waals surface area contributed by atoms with Gasteiger partial charge in [-0.15, -0.1) is 0 Å². The zero-order valence-electron chi connectivity index (χ0n) is 23.9. The van der Waals surface area contributed by atoms with Crippen LogP contribution in [0, 0.1) is 35.0 Å². The molecule has 39 heavy (non-hydrogen) atoms. The molecule has 2 heterocycles. The van der Waals surface area contributed by atoms with Crippen LogP contribution in [0.1, 0.15) is 91.9 Å². The Labute approximate surface area is 230 Å². The molecule has 0 aromatic heterocycles. The van der Waals surface area contributed by atoms with Crippen LogP contribution in [0.3, 0.4) is 0 Å². The summed E-state index contributed by atoms with van der Waals surface area (Å²) in [6.07, 6.45) is 5.15. The number of piperidine rings is 1. The Morgan fingerprint density at radius 2 is 2.00 bits per heavy atom. The summed E-state index contributed by atoms with van der Waals surface area (Å²) in [4.78, 5) is 26.1. The van der Waals surface area contributed by atoms with E-state index in [4.69, 9.17) is 4.74 Å². The number of hydrogen-bond donors (Lipinski definition) is 0. The van der Waals surface area contributed by atoms with Gasteiger partial charge in [0, 0.05) is 37.8 Å². The summed E-state index contributed by atoms with van der Waals surface area (Å²) in [5.74, 6) is 1.26. The first-order valence-electron chi connectivity index (χ1n) is 15.3. The number of alkyl halides is 3. The van der Waals surface area contributed by atoms with Crippen LogP contribution in [0.5, 0.6) is 0 Å². The van der Waals surface area contributed by atoms with Gasteiger partial charge in [-0.1, -0.05) is 38.0 Å². The molecule has 0 bridgehead atoms. The minimum Gasteiger partial charge on any atom is -0.365 e. The van der Waals surface area contributed by atoms with E-state index >= 15 is 0 Å². The average Bonchev–Trinajstić information content (AvgIpc) is 3.38. The Morgan fingerprint density at radius 3 is 2.74 bits per heavy atom. The third-order valence-electron chi connectivity index (χ3n) is 12.1. The highest BCUT2D eigenvalue weighted by Crippen LogP contribution is 2.65. The molecule has 2 saturated carbocycles. The van der Waals surface area contributed by atoms with E-state index in [1.165, 1.54) is 11.1 Å². The Balaban J connectivity index is 1.24. The summed E-state index contributed by atoms with van der Waals surface area (Å²) in [7, 11) is 0. The maximum absolute atomic E-state index is 12.8. The zero-order valence-corrected chi connectivity index (χ0v) is 23.9. The largest absolute Gasteiger partial charge is 0.449 e. The summed E-state index contributed by atoms with van der Waals surface area (Å²) in [5.41, 5.74) is 4.23. The van der Waals surface area contributed by atoms with Gasteiger partial charge >= 0.3 is 6.18 Å². The van der Waals surface area contributed by atoms with E-state index in [1.54, 1.807) is 5.57 Å². The fourth-order valence-corrected chi connectivity index (χ4v) is 10.1. The number of carbonyl (C=O) groups is 2. The number of rotatable bonds is 4. The van der Waals surface area contributed by atoms with Gasteiger partial charge in [0.1, 0.15) is 5.78 Å². The van der Waals surface area contributed by atoms with Gasteiger partial charge in [0.15, 0.2) is 0 Å². The third-order valence-corrected chi connectivity index (χ3v) is 12.1. The summed E-state index contributed by atoms with van der Waals surface area (Å²) in [5, 5.41) is 0. The lowest BCUT2D eigenvalue weighted by Crippen LogP contribution is -2.52. The highest BCUT2D eigenvalue weighted by molar-refractivity contribution is 5.84.